The number of para-hydroxylation sites is 1. The van der Waals surface area contributed by atoms with Crippen molar-refractivity contribution < 1.29 is 9.90 Å². The van der Waals surface area contributed by atoms with E-state index < -0.39 is 0 Å². The minimum atomic E-state index is -0.126. The second-order valence-electron chi connectivity index (χ2n) is 7.11. The van der Waals surface area contributed by atoms with Crippen LogP contribution in [0.5, 0.6) is 5.75 Å². The quantitative estimate of drug-likeness (QED) is 0.605. The van der Waals surface area contributed by atoms with Crippen LogP contribution in [0, 0.1) is 0 Å². The molecule has 0 atom stereocenters. The van der Waals surface area contributed by atoms with E-state index in [0.717, 1.165) is 42.4 Å². The van der Waals surface area contributed by atoms with Gasteiger partial charge < -0.3 is 15.7 Å². The van der Waals surface area contributed by atoms with Gasteiger partial charge in [0.2, 0.25) is 0 Å². The zero-order valence-corrected chi connectivity index (χ0v) is 16.3. The van der Waals surface area contributed by atoms with Crippen LogP contribution in [0.1, 0.15) is 36.0 Å². The fourth-order valence-corrected chi connectivity index (χ4v) is 3.65. The molecule has 6 heteroatoms. The van der Waals surface area contributed by atoms with E-state index in [0.29, 0.717) is 11.6 Å². The molecule has 1 aliphatic carbocycles. The molecule has 3 aromatic rings. The zero-order chi connectivity index (χ0) is 18.6. The van der Waals surface area contributed by atoms with Crippen LogP contribution in [0.25, 0.3) is 10.9 Å². The molecule has 1 amide bonds. The molecule has 28 heavy (non-hydrogen) atoms. The van der Waals surface area contributed by atoms with Crippen LogP contribution in [0.15, 0.2) is 60.7 Å². The summed E-state index contributed by atoms with van der Waals surface area (Å²) in [6.45, 7) is 0. The Kier molecular flexibility index (Phi) is 6.37. The molecule has 0 bridgehead atoms. The van der Waals surface area contributed by atoms with Crippen molar-refractivity contribution in [1.29, 1.82) is 0 Å². The van der Waals surface area contributed by atoms with Crippen molar-refractivity contribution in [2.24, 2.45) is 0 Å². The number of phenols is 1. The summed E-state index contributed by atoms with van der Waals surface area (Å²) in [7, 11) is 0. The maximum Gasteiger partial charge on any atom is 0.251 e. The molecular weight excluding hydrogens is 374 g/mol. The molecular formula is C22H24ClN3O2. The monoisotopic (exact) mass is 397 g/mol. The molecule has 1 aromatic heterocycles. The number of amides is 1. The highest BCUT2D eigenvalue weighted by Crippen LogP contribution is 2.23. The molecule has 146 valence electrons. The third-order valence-electron chi connectivity index (χ3n) is 5.12. The van der Waals surface area contributed by atoms with E-state index in [9.17, 15) is 9.90 Å². The van der Waals surface area contributed by atoms with Gasteiger partial charge in [-0.05, 0) is 62.1 Å². The number of carbonyl (C=O) groups is 1. The first kappa shape index (κ1) is 20.0. The van der Waals surface area contributed by atoms with Crippen LogP contribution < -0.4 is 10.6 Å². The molecule has 0 aliphatic heterocycles. The van der Waals surface area contributed by atoms with Crippen LogP contribution in [0.2, 0.25) is 0 Å². The van der Waals surface area contributed by atoms with Gasteiger partial charge in [0.1, 0.15) is 11.6 Å². The van der Waals surface area contributed by atoms with E-state index in [1.807, 2.05) is 24.3 Å². The lowest BCUT2D eigenvalue weighted by molar-refractivity contribution is 0.0926. The number of nitrogens with zero attached hydrogens (tertiary/aromatic N) is 1. The van der Waals surface area contributed by atoms with Crippen LogP contribution in [-0.4, -0.2) is 28.1 Å². The molecule has 0 spiro atoms. The normalized spacial score (nSPS) is 18.9. The number of hydrogen-bond donors (Lipinski definition) is 3. The van der Waals surface area contributed by atoms with E-state index in [4.69, 9.17) is 0 Å². The maximum absolute atomic E-state index is 12.3. The number of hydrogen-bond acceptors (Lipinski definition) is 4. The number of fused-ring (bicyclic) bond motifs is 1. The number of anilines is 1. The van der Waals surface area contributed by atoms with E-state index in [2.05, 4.69) is 27.8 Å². The van der Waals surface area contributed by atoms with Gasteiger partial charge in [0.25, 0.3) is 5.91 Å². The van der Waals surface area contributed by atoms with Crippen LogP contribution in [0.4, 0.5) is 5.82 Å². The fourth-order valence-electron chi connectivity index (χ4n) is 3.65. The SMILES string of the molecule is Cl.O=C(N[C@H]1CC[C@@H](Nc2ccc3ccccc3n2)CC1)c1cccc(O)c1. The van der Waals surface area contributed by atoms with Crippen molar-refractivity contribution in [3.05, 3.63) is 66.2 Å². The summed E-state index contributed by atoms with van der Waals surface area (Å²) in [4.78, 5) is 17.0. The Hall–Kier alpha value is -2.79. The van der Waals surface area contributed by atoms with Crippen molar-refractivity contribution in [2.45, 2.75) is 37.8 Å². The summed E-state index contributed by atoms with van der Waals surface area (Å²) in [5.74, 6) is 0.887. The summed E-state index contributed by atoms with van der Waals surface area (Å²) < 4.78 is 0. The van der Waals surface area contributed by atoms with E-state index in [-0.39, 0.29) is 30.1 Å². The maximum atomic E-state index is 12.3. The van der Waals surface area contributed by atoms with Crippen LogP contribution >= 0.6 is 12.4 Å². The summed E-state index contributed by atoms with van der Waals surface area (Å²) >= 11 is 0. The number of phenolic OH excluding ortho intramolecular Hbond substituents is 1. The molecule has 3 N–H and O–H groups in total. The average Bonchev–Trinajstić information content (AvgIpc) is 2.69. The highest BCUT2D eigenvalue weighted by Gasteiger charge is 2.23. The number of aromatic nitrogens is 1. The number of carbonyl (C=O) groups excluding carboxylic acids is 1. The van der Waals surface area contributed by atoms with Crippen molar-refractivity contribution in [1.82, 2.24) is 10.3 Å². The molecule has 0 unspecified atom stereocenters. The topological polar surface area (TPSA) is 74.2 Å². The minimum Gasteiger partial charge on any atom is -0.508 e. The zero-order valence-electron chi connectivity index (χ0n) is 15.5. The smallest absolute Gasteiger partial charge is 0.251 e. The van der Waals surface area contributed by atoms with E-state index >= 15 is 0 Å². The Balaban J connectivity index is 0.00000225. The standard InChI is InChI=1S/C22H23N3O2.ClH/c26-19-6-3-5-16(14-19)22(27)24-18-11-9-17(10-12-18)23-21-13-8-15-4-1-2-7-20(15)25-21;/h1-8,13-14,17-18,26H,9-12H2,(H,23,25)(H,24,27);1H/t17-,18+;. The molecule has 5 nitrogen and oxygen atoms in total. The van der Waals surface area contributed by atoms with Crippen molar-refractivity contribution in [3.63, 3.8) is 0 Å². The van der Waals surface area contributed by atoms with Gasteiger partial charge >= 0.3 is 0 Å². The predicted molar refractivity (Wildman–Crippen MR) is 114 cm³/mol. The lowest BCUT2D eigenvalue weighted by Gasteiger charge is -2.30. The minimum absolute atomic E-state index is 0. The largest absolute Gasteiger partial charge is 0.508 e. The van der Waals surface area contributed by atoms with Crippen molar-refractivity contribution in [2.75, 3.05) is 5.32 Å². The fraction of sp³-hybridized carbons (Fsp3) is 0.273. The number of nitrogens with one attached hydrogen (secondary N) is 2. The Morgan fingerprint density at radius 3 is 2.46 bits per heavy atom. The second-order valence-corrected chi connectivity index (χ2v) is 7.11. The highest BCUT2D eigenvalue weighted by atomic mass is 35.5. The highest BCUT2D eigenvalue weighted by molar-refractivity contribution is 5.94. The molecule has 1 heterocycles. The first-order valence-electron chi connectivity index (χ1n) is 9.39. The Bertz CT molecular complexity index is 955. The molecule has 1 saturated carbocycles. The van der Waals surface area contributed by atoms with Crippen molar-refractivity contribution >= 4 is 35.0 Å². The van der Waals surface area contributed by atoms with Gasteiger partial charge in [-0.3, -0.25) is 4.79 Å². The molecule has 0 radical (unpaired) electrons. The molecule has 4 rings (SSSR count). The van der Waals surface area contributed by atoms with Crippen LogP contribution in [0.3, 0.4) is 0 Å². The second kappa shape index (κ2) is 8.93. The van der Waals surface area contributed by atoms with Gasteiger partial charge in [0, 0.05) is 23.0 Å². The van der Waals surface area contributed by atoms with Crippen molar-refractivity contribution in [3.8, 4) is 5.75 Å². The first-order valence-corrected chi connectivity index (χ1v) is 9.39. The van der Waals surface area contributed by atoms with Gasteiger partial charge in [0.05, 0.1) is 5.52 Å². The average molecular weight is 398 g/mol. The number of halogens is 1. The Morgan fingerprint density at radius 2 is 1.68 bits per heavy atom. The number of benzene rings is 2. The Labute approximate surface area is 170 Å². The van der Waals surface area contributed by atoms with E-state index in [1.54, 1.807) is 18.2 Å². The van der Waals surface area contributed by atoms with Crippen LogP contribution in [-0.2, 0) is 0 Å². The number of aromatic hydroxyl groups is 1. The van der Waals surface area contributed by atoms with E-state index in [1.165, 1.54) is 6.07 Å². The van der Waals surface area contributed by atoms with Gasteiger partial charge in [-0.1, -0.05) is 24.3 Å². The predicted octanol–water partition coefficient (Wildman–Crippen LogP) is 4.52. The summed E-state index contributed by atoms with van der Waals surface area (Å²) in [6, 6.07) is 19.2. The van der Waals surface area contributed by atoms with Gasteiger partial charge in [-0.15, -0.1) is 12.4 Å². The lowest BCUT2D eigenvalue weighted by atomic mass is 9.91. The number of rotatable bonds is 4. The summed E-state index contributed by atoms with van der Waals surface area (Å²) in [6.07, 6.45) is 3.82. The molecule has 2 aromatic carbocycles. The van der Waals surface area contributed by atoms with Gasteiger partial charge in [0.15, 0.2) is 0 Å². The lowest BCUT2D eigenvalue weighted by Crippen LogP contribution is -2.40. The van der Waals surface area contributed by atoms with Gasteiger partial charge in [-0.25, -0.2) is 4.98 Å². The number of pyridine rings is 1. The molecule has 0 saturated heterocycles. The Morgan fingerprint density at radius 1 is 0.929 bits per heavy atom. The summed E-state index contributed by atoms with van der Waals surface area (Å²) in [5.41, 5.74) is 1.49. The third kappa shape index (κ3) is 4.73. The molecule has 1 fully saturated rings. The first-order chi connectivity index (χ1) is 13.2. The summed E-state index contributed by atoms with van der Waals surface area (Å²) in [5, 5.41) is 17.3. The van der Waals surface area contributed by atoms with Gasteiger partial charge in [-0.2, -0.15) is 0 Å². The third-order valence-corrected chi connectivity index (χ3v) is 5.12. The molecule has 1 aliphatic rings.